The van der Waals surface area contributed by atoms with E-state index in [1.807, 2.05) is 0 Å². The molecule has 3 N–H and O–H groups in total. The monoisotopic (exact) mass is 469 g/mol. The van der Waals surface area contributed by atoms with E-state index in [-0.39, 0.29) is 21.8 Å². The van der Waals surface area contributed by atoms with Gasteiger partial charge in [0, 0.05) is 23.4 Å². The highest BCUT2D eigenvalue weighted by molar-refractivity contribution is 7.90. The first-order valence-electron chi connectivity index (χ1n) is 9.71. The van der Waals surface area contributed by atoms with Crippen molar-refractivity contribution in [2.45, 2.75) is 42.7 Å². The number of benzene rings is 2. The number of sulfonamides is 1. The van der Waals surface area contributed by atoms with Gasteiger partial charge in [0.15, 0.2) is 17.5 Å². The number of carbonyl (C=O) groups excluding carboxylic acids is 2. The maximum absolute atomic E-state index is 13.4. The van der Waals surface area contributed by atoms with E-state index in [0.717, 1.165) is 10.4 Å². The van der Waals surface area contributed by atoms with Crippen LogP contribution >= 0.6 is 0 Å². The van der Waals surface area contributed by atoms with Crippen molar-refractivity contribution in [3.8, 4) is 0 Å². The fourth-order valence-electron chi connectivity index (χ4n) is 3.85. The average molecular weight is 469 g/mol. The second-order valence-electron chi connectivity index (χ2n) is 7.61. The molecule has 1 fully saturated rings. The first-order valence-corrected chi connectivity index (χ1v) is 11.2. The molecule has 0 bridgehead atoms. The van der Waals surface area contributed by atoms with Crippen LogP contribution < -0.4 is 10.6 Å². The molecule has 0 radical (unpaired) electrons. The summed E-state index contributed by atoms with van der Waals surface area (Å²) >= 11 is 0. The summed E-state index contributed by atoms with van der Waals surface area (Å²) in [6.07, 6.45) is 0.745. The molecular weight excluding hydrogens is 451 g/mol. The molecule has 0 atom stereocenters. The number of nitrogens with one attached hydrogen (secondary N) is 2. The summed E-state index contributed by atoms with van der Waals surface area (Å²) in [5.74, 6) is -5.57. The summed E-state index contributed by atoms with van der Waals surface area (Å²) in [7, 11) is -4.31. The molecule has 3 amide bonds. The van der Waals surface area contributed by atoms with Crippen molar-refractivity contribution in [1.29, 1.82) is 0 Å². The fourth-order valence-corrected chi connectivity index (χ4v) is 5.60. The molecule has 4 rings (SSSR count). The molecule has 0 unspecified atom stereocenters. The van der Waals surface area contributed by atoms with Gasteiger partial charge < -0.3 is 15.7 Å². The molecule has 2 aliphatic rings. The Bertz CT molecular complexity index is 1190. The molecule has 0 aromatic heterocycles. The zero-order valence-corrected chi connectivity index (χ0v) is 17.3. The highest BCUT2D eigenvalue weighted by Crippen LogP contribution is 2.36. The summed E-state index contributed by atoms with van der Waals surface area (Å²) in [6, 6.07) is 3.21. The molecule has 8 nitrogen and oxygen atoms in total. The normalized spacial score (nSPS) is 22.1. The van der Waals surface area contributed by atoms with E-state index in [4.69, 9.17) is 0 Å². The van der Waals surface area contributed by atoms with E-state index in [2.05, 4.69) is 10.6 Å². The summed E-state index contributed by atoms with van der Waals surface area (Å²) < 4.78 is 67.0. The van der Waals surface area contributed by atoms with Crippen molar-refractivity contribution in [3.63, 3.8) is 0 Å². The largest absolute Gasteiger partial charge is 0.393 e. The van der Waals surface area contributed by atoms with Crippen molar-refractivity contribution in [2.75, 3.05) is 10.6 Å². The Kier molecular flexibility index (Phi) is 5.59. The maximum Gasteiger partial charge on any atom is 0.336 e. The number of aliphatic hydroxyl groups excluding tert-OH is 1. The molecule has 1 saturated carbocycles. The Hall–Kier alpha value is -3.12. The van der Waals surface area contributed by atoms with E-state index in [1.165, 1.54) is 12.1 Å². The minimum atomic E-state index is -4.31. The fraction of sp³-hybridized carbons (Fsp3) is 0.300. The Morgan fingerprint density at radius 3 is 2.31 bits per heavy atom. The van der Waals surface area contributed by atoms with Crippen LogP contribution in [0, 0.1) is 17.5 Å². The number of aliphatic hydroxyl groups is 1. The van der Waals surface area contributed by atoms with Crippen molar-refractivity contribution in [1.82, 2.24) is 4.31 Å². The number of hydrogen-bond donors (Lipinski definition) is 3. The number of fused-ring (bicyclic) bond motifs is 1. The van der Waals surface area contributed by atoms with Crippen LogP contribution in [0.4, 0.5) is 29.3 Å². The Morgan fingerprint density at radius 1 is 1.06 bits per heavy atom. The first kappa shape index (κ1) is 22.1. The number of anilines is 2. The van der Waals surface area contributed by atoms with Crippen molar-refractivity contribution in [2.24, 2.45) is 0 Å². The van der Waals surface area contributed by atoms with E-state index < -0.39 is 51.6 Å². The van der Waals surface area contributed by atoms with E-state index in [0.29, 0.717) is 37.8 Å². The number of rotatable bonds is 3. The lowest BCUT2D eigenvalue weighted by Gasteiger charge is -2.37. The number of hydrogen-bond acceptors (Lipinski definition) is 5. The Morgan fingerprint density at radius 2 is 1.69 bits per heavy atom. The van der Waals surface area contributed by atoms with Gasteiger partial charge in [0.2, 0.25) is 0 Å². The third kappa shape index (κ3) is 3.91. The minimum absolute atomic E-state index is 0.0162. The standard InChI is InChI=1S/C20H18F3N3O5S/c21-14-8-11(9-15(22)18(14)23)24-19(28)10-1-6-16-17(7-10)32(30,31)26(20(29)25-16)12-2-4-13(27)5-3-12/h1,6-9,12-13,27H,2-5H2,(H,24,28)(H,25,29)/t12-,13+. The van der Waals surface area contributed by atoms with Crippen LogP contribution in [-0.2, 0) is 10.0 Å². The lowest BCUT2D eigenvalue weighted by atomic mass is 9.93. The summed E-state index contributed by atoms with van der Waals surface area (Å²) in [6.45, 7) is 0. The zero-order valence-electron chi connectivity index (χ0n) is 16.4. The molecule has 32 heavy (non-hydrogen) atoms. The number of amides is 3. The molecule has 1 aliphatic carbocycles. The van der Waals surface area contributed by atoms with Gasteiger partial charge in [-0.3, -0.25) is 4.79 Å². The molecule has 1 heterocycles. The highest BCUT2D eigenvalue weighted by atomic mass is 32.2. The van der Waals surface area contributed by atoms with Crippen LogP contribution in [0.15, 0.2) is 35.2 Å². The number of halogens is 3. The lowest BCUT2D eigenvalue weighted by molar-refractivity contribution is 0.102. The topological polar surface area (TPSA) is 116 Å². The molecular formula is C20H18F3N3O5S. The molecule has 1 aliphatic heterocycles. The van der Waals surface area contributed by atoms with Crippen molar-refractivity contribution in [3.05, 3.63) is 53.3 Å². The number of carbonyl (C=O) groups is 2. The third-order valence-corrected chi connectivity index (χ3v) is 7.34. The van der Waals surface area contributed by atoms with Crippen molar-refractivity contribution >= 4 is 33.3 Å². The van der Waals surface area contributed by atoms with Gasteiger partial charge in [0.25, 0.3) is 15.9 Å². The van der Waals surface area contributed by atoms with Crippen LogP contribution in [0.1, 0.15) is 36.0 Å². The SMILES string of the molecule is O=C(Nc1cc(F)c(F)c(F)c1)c1ccc2c(c1)S(=O)(=O)N([C@H]1CC[C@@H](O)CC1)C(=O)N2. The smallest absolute Gasteiger partial charge is 0.336 e. The summed E-state index contributed by atoms with van der Waals surface area (Å²) in [4.78, 5) is 24.7. The second-order valence-corrected chi connectivity index (χ2v) is 9.40. The summed E-state index contributed by atoms with van der Waals surface area (Å²) in [5, 5.41) is 14.3. The van der Waals surface area contributed by atoms with Gasteiger partial charge in [-0.25, -0.2) is 30.7 Å². The van der Waals surface area contributed by atoms with Crippen LogP contribution in [-0.4, -0.2) is 41.9 Å². The van der Waals surface area contributed by atoms with Crippen LogP contribution in [0.2, 0.25) is 0 Å². The molecule has 0 spiro atoms. The summed E-state index contributed by atoms with van der Waals surface area (Å²) in [5.41, 5.74) is -0.534. The maximum atomic E-state index is 13.4. The molecule has 12 heteroatoms. The second kappa shape index (κ2) is 8.10. The van der Waals surface area contributed by atoms with Gasteiger partial charge in [-0.05, 0) is 43.9 Å². The lowest BCUT2D eigenvalue weighted by Crippen LogP contribution is -2.51. The van der Waals surface area contributed by atoms with Gasteiger partial charge in [0.05, 0.1) is 17.8 Å². The van der Waals surface area contributed by atoms with Gasteiger partial charge in [-0.2, -0.15) is 0 Å². The number of nitrogens with zero attached hydrogens (tertiary/aromatic N) is 1. The zero-order chi connectivity index (χ0) is 23.2. The van der Waals surface area contributed by atoms with Crippen LogP contribution in [0.25, 0.3) is 0 Å². The quantitative estimate of drug-likeness (QED) is 0.597. The first-order chi connectivity index (χ1) is 15.1. The Labute approximate surface area is 181 Å². The third-order valence-electron chi connectivity index (χ3n) is 5.46. The Balaban J connectivity index is 1.63. The average Bonchev–Trinajstić information content (AvgIpc) is 2.73. The highest BCUT2D eigenvalue weighted by Gasteiger charge is 2.42. The van der Waals surface area contributed by atoms with Crippen molar-refractivity contribution < 1.29 is 36.3 Å². The number of urea groups is 1. The van der Waals surface area contributed by atoms with Gasteiger partial charge in [-0.15, -0.1) is 0 Å². The molecule has 0 saturated heterocycles. The van der Waals surface area contributed by atoms with Crippen LogP contribution in [0.3, 0.4) is 0 Å². The van der Waals surface area contributed by atoms with Gasteiger partial charge in [-0.1, -0.05) is 0 Å². The van der Waals surface area contributed by atoms with Gasteiger partial charge >= 0.3 is 6.03 Å². The van der Waals surface area contributed by atoms with Crippen LogP contribution in [0.5, 0.6) is 0 Å². The predicted octanol–water partition coefficient (Wildman–Crippen LogP) is 3.20. The molecule has 170 valence electrons. The molecule has 2 aromatic rings. The van der Waals surface area contributed by atoms with E-state index in [9.17, 15) is 36.3 Å². The molecule has 2 aromatic carbocycles. The van der Waals surface area contributed by atoms with E-state index in [1.54, 1.807) is 0 Å². The predicted molar refractivity (Wildman–Crippen MR) is 107 cm³/mol. The minimum Gasteiger partial charge on any atom is -0.393 e. The van der Waals surface area contributed by atoms with Gasteiger partial charge in [0.1, 0.15) is 4.90 Å². The van der Waals surface area contributed by atoms with E-state index >= 15 is 0 Å².